The summed E-state index contributed by atoms with van der Waals surface area (Å²) >= 11 is 0. The number of ether oxygens (including phenoxy) is 1. The summed E-state index contributed by atoms with van der Waals surface area (Å²) in [6.45, 7) is 2.74. The van der Waals surface area contributed by atoms with E-state index in [1.165, 1.54) is 0 Å². The zero-order valence-corrected chi connectivity index (χ0v) is 24.5. The maximum Gasteiger partial charge on any atom is 0.490 e. The van der Waals surface area contributed by atoms with Crippen LogP contribution in [0.5, 0.6) is 5.75 Å². The molecule has 0 spiro atoms. The van der Waals surface area contributed by atoms with Gasteiger partial charge in [0.15, 0.2) is 0 Å². The number of alkyl halides is 6. The maximum atomic E-state index is 13.5. The van der Waals surface area contributed by atoms with Crippen LogP contribution in [0.15, 0.2) is 29.2 Å². The Balaban J connectivity index is 0.000000548. The lowest BCUT2D eigenvalue weighted by atomic mass is 10.1. The molecule has 1 aromatic rings. The number of halogens is 6. The summed E-state index contributed by atoms with van der Waals surface area (Å²) < 4.78 is 98.4. The average Bonchev–Trinajstić information content (AvgIpc) is 3.10. The molecule has 2 N–H and O–H groups in total. The van der Waals surface area contributed by atoms with E-state index < -0.39 is 34.3 Å². The predicted molar refractivity (Wildman–Crippen MR) is 139 cm³/mol. The minimum atomic E-state index is -5.08. The van der Waals surface area contributed by atoms with Gasteiger partial charge in [-0.05, 0) is 39.1 Å². The first-order valence-corrected chi connectivity index (χ1v) is 14.0. The Morgan fingerprint density at radius 3 is 1.88 bits per heavy atom. The van der Waals surface area contributed by atoms with Crippen molar-refractivity contribution >= 4 is 27.9 Å². The maximum absolute atomic E-state index is 13.5. The predicted octanol–water partition coefficient (Wildman–Crippen LogP) is 1.82. The molecular formula is C24H34F6N4O8S. The second-order valence-electron chi connectivity index (χ2n) is 9.84. The summed E-state index contributed by atoms with van der Waals surface area (Å²) in [7, 11) is 3.71. The van der Waals surface area contributed by atoms with E-state index in [0.717, 1.165) is 0 Å². The van der Waals surface area contributed by atoms with Crippen LogP contribution >= 0.6 is 0 Å². The molecule has 1 fully saturated rings. The van der Waals surface area contributed by atoms with Crippen LogP contribution in [0.1, 0.15) is 12.8 Å². The quantitative estimate of drug-likeness (QED) is 0.452. The molecule has 0 bridgehead atoms. The molecule has 2 aliphatic rings. The summed E-state index contributed by atoms with van der Waals surface area (Å²) in [5.74, 6) is -5.04. The molecule has 43 heavy (non-hydrogen) atoms. The van der Waals surface area contributed by atoms with Crippen LogP contribution in [0.3, 0.4) is 0 Å². The molecule has 2 heterocycles. The van der Waals surface area contributed by atoms with E-state index in [2.05, 4.69) is 4.90 Å². The number of para-hydroxylation sites is 1. The number of likely N-dealkylation sites (tertiary alicyclic amines) is 1. The van der Waals surface area contributed by atoms with E-state index >= 15 is 0 Å². The average molecular weight is 653 g/mol. The Bertz CT molecular complexity index is 1190. The molecule has 2 aliphatic heterocycles. The number of carbonyl (C=O) groups is 3. The van der Waals surface area contributed by atoms with Crippen molar-refractivity contribution < 1.29 is 64.1 Å². The lowest BCUT2D eigenvalue weighted by Crippen LogP contribution is -2.49. The third kappa shape index (κ3) is 11.8. The van der Waals surface area contributed by atoms with Crippen LogP contribution in [0.4, 0.5) is 26.3 Å². The SMILES string of the molecule is CN(C)CCN1[C@H]2CCN(CC(=O)N(C)C)CC[C@@H]2Oc2ccccc2S1(=O)=O.O=C(O)C(F)(F)F.O=C(O)C(F)(F)F. The third-order valence-electron chi connectivity index (χ3n) is 6.09. The Labute approximate surface area is 244 Å². The molecule has 1 saturated heterocycles. The van der Waals surface area contributed by atoms with Crippen LogP contribution < -0.4 is 4.74 Å². The van der Waals surface area contributed by atoms with Gasteiger partial charge in [0.25, 0.3) is 0 Å². The van der Waals surface area contributed by atoms with Crippen LogP contribution in [-0.4, -0.2) is 141 Å². The Morgan fingerprint density at radius 1 is 0.930 bits per heavy atom. The highest BCUT2D eigenvalue weighted by molar-refractivity contribution is 7.89. The molecular weight excluding hydrogens is 618 g/mol. The van der Waals surface area contributed by atoms with E-state index in [9.17, 15) is 39.6 Å². The number of nitrogens with zero attached hydrogens (tertiary/aromatic N) is 4. The zero-order valence-electron chi connectivity index (χ0n) is 23.7. The van der Waals surface area contributed by atoms with Gasteiger partial charge in [0.2, 0.25) is 15.9 Å². The van der Waals surface area contributed by atoms with Gasteiger partial charge in [-0.25, -0.2) is 18.0 Å². The van der Waals surface area contributed by atoms with Crippen molar-refractivity contribution in [3.8, 4) is 5.75 Å². The van der Waals surface area contributed by atoms with Crippen LogP contribution in [0.2, 0.25) is 0 Å². The topological polar surface area (TPSA) is 148 Å². The summed E-state index contributed by atoms with van der Waals surface area (Å²) in [5, 5.41) is 14.2. The van der Waals surface area contributed by atoms with Gasteiger partial charge in [0.1, 0.15) is 16.7 Å². The molecule has 1 aromatic carbocycles. The molecule has 1 amide bonds. The standard InChI is InChI=1S/C20H32N4O4S.2C2HF3O2/c1-21(2)13-14-24-16-9-11-23(15-20(25)22(3)4)12-10-17(16)28-18-7-5-6-8-19(18)29(24,26)27;2*3-2(4,5)1(6)7/h5-8,16-17H,9-15H2,1-4H3;2*(H,6,7)/t16-,17-;;/m0../s1. The second-order valence-corrected chi connectivity index (χ2v) is 11.7. The zero-order chi connectivity index (χ0) is 33.3. The number of sulfonamides is 1. The van der Waals surface area contributed by atoms with Crippen molar-refractivity contribution in [1.29, 1.82) is 0 Å². The monoisotopic (exact) mass is 652 g/mol. The minimum Gasteiger partial charge on any atom is -0.487 e. The second kappa shape index (κ2) is 15.5. The summed E-state index contributed by atoms with van der Waals surface area (Å²) in [4.78, 5) is 35.9. The van der Waals surface area contributed by atoms with Gasteiger partial charge in [0, 0.05) is 40.3 Å². The highest BCUT2D eigenvalue weighted by Gasteiger charge is 2.43. The van der Waals surface area contributed by atoms with E-state index in [1.807, 2.05) is 19.0 Å². The number of benzene rings is 1. The fraction of sp³-hybridized carbons (Fsp3) is 0.625. The molecule has 0 aliphatic carbocycles. The van der Waals surface area contributed by atoms with Crippen LogP contribution in [-0.2, 0) is 24.4 Å². The number of aliphatic carboxylic acids is 2. The smallest absolute Gasteiger partial charge is 0.487 e. The van der Waals surface area contributed by atoms with Crippen molar-refractivity contribution in [2.75, 3.05) is 60.9 Å². The molecule has 246 valence electrons. The molecule has 0 radical (unpaired) electrons. The van der Waals surface area contributed by atoms with Gasteiger partial charge in [-0.1, -0.05) is 12.1 Å². The van der Waals surface area contributed by atoms with Crippen molar-refractivity contribution in [3.05, 3.63) is 24.3 Å². The van der Waals surface area contributed by atoms with E-state index in [0.29, 0.717) is 51.3 Å². The van der Waals surface area contributed by atoms with Gasteiger partial charge < -0.3 is 24.7 Å². The van der Waals surface area contributed by atoms with Crippen molar-refractivity contribution in [3.63, 3.8) is 0 Å². The number of hydrogen-bond donors (Lipinski definition) is 2. The van der Waals surface area contributed by atoms with Gasteiger partial charge in [-0.15, -0.1) is 0 Å². The van der Waals surface area contributed by atoms with Gasteiger partial charge in [-0.2, -0.15) is 30.6 Å². The molecule has 0 unspecified atom stereocenters. The number of likely N-dealkylation sites (N-methyl/N-ethyl adjacent to an activating group) is 2. The highest BCUT2D eigenvalue weighted by atomic mass is 32.2. The fourth-order valence-corrected chi connectivity index (χ4v) is 5.68. The Hall–Kier alpha value is -3.16. The summed E-state index contributed by atoms with van der Waals surface area (Å²) in [6, 6.07) is 6.64. The molecule has 0 aromatic heterocycles. The first-order valence-electron chi connectivity index (χ1n) is 12.5. The van der Waals surface area contributed by atoms with Crippen LogP contribution in [0, 0.1) is 0 Å². The number of amides is 1. The first kappa shape index (κ1) is 37.9. The highest BCUT2D eigenvalue weighted by Crippen LogP contribution is 2.36. The van der Waals surface area contributed by atoms with E-state index in [-0.39, 0.29) is 22.9 Å². The van der Waals surface area contributed by atoms with E-state index in [1.54, 1.807) is 47.6 Å². The summed E-state index contributed by atoms with van der Waals surface area (Å²) in [6.07, 6.45) is -9.10. The molecule has 0 saturated carbocycles. The molecule has 2 atom stereocenters. The molecule has 3 rings (SSSR count). The number of rotatable bonds is 5. The lowest BCUT2D eigenvalue weighted by molar-refractivity contribution is -0.193. The Kier molecular flexibility index (Phi) is 13.7. The fourth-order valence-electron chi connectivity index (χ4n) is 3.89. The first-order chi connectivity index (χ1) is 19.6. The lowest BCUT2D eigenvalue weighted by Gasteiger charge is -2.32. The van der Waals surface area contributed by atoms with Gasteiger partial charge in [0.05, 0.1) is 12.6 Å². The van der Waals surface area contributed by atoms with Gasteiger partial charge >= 0.3 is 24.3 Å². The summed E-state index contributed by atoms with van der Waals surface area (Å²) in [5.41, 5.74) is 0. The number of carbonyl (C=O) groups excluding carboxylic acids is 1. The molecule has 12 nitrogen and oxygen atoms in total. The number of carboxylic acid groups (broad SMARTS) is 2. The van der Waals surface area contributed by atoms with E-state index in [4.69, 9.17) is 24.5 Å². The molecule has 19 heteroatoms. The number of carboxylic acids is 2. The van der Waals surface area contributed by atoms with Crippen molar-refractivity contribution in [2.45, 2.75) is 42.2 Å². The van der Waals surface area contributed by atoms with Gasteiger partial charge in [-0.3, -0.25) is 9.69 Å². The number of hydrogen-bond acceptors (Lipinski definition) is 8. The largest absolute Gasteiger partial charge is 0.490 e. The van der Waals surface area contributed by atoms with Crippen molar-refractivity contribution in [2.24, 2.45) is 0 Å². The number of fused-ring (bicyclic) bond motifs is 2. The Morgan fingerprint density at radius 2 is 1.42 bits per heavy atom. The van der Waals surface area contributed by atoms with Crippen LogP contribution in [0.25, 0.3) is 0 Å². The van der Waals surface area contributed by atoms with Crippen molar-refractivity contribution in [1.82, 2.24) is 19.0 Å². The third-order valence-corrected chi connectivity index (χ3v) is 8.06. The minimum absolute atomic E-state index is 0.0513. The normalized spacial score (nSPS) is 20.3.